The summed E-state index contributed by atoms with van der Waals surface area (Å²) >= 11 is 11.5. The molecule has 0 aliphatic heterocycles. The Kier molecular flexibility index (Phi) is 7.15. The van der Waals surface area contributed by atoms with Crippen LogP contribution in [-0.4, -0.2) is 48.6 Å². The van der Waals surface area contributed by atoms with Crippen LogP contribution in [0.1, 0.15) is 0 Å². The average molecular weight is 327 g/mol. The van der Waals surface area contributed by atoms with Gasteiger partial charge >= 0.3 is 0 Å². The van der Waals surface area contributed by atoms with Gasteiger partial charge < -0.3 is 10.4 Å². The number of benzene rings is 1. The van der Waals surface area contributed by atoms with E-state index < -0.39 is 18.9 Å². The van der Waals surface area contributed by atoms with Gasteiger partial charge in [0.05, 0.1) is 29.7 Å². The predicted octanol–water partition coefficient (Wildman–Crippen LogP) is 2.49. The molecule has 0 spiro atoms. The minimum absolute atomic E-state index is 0.000859. The molecule has 2 N–H and O–H groups in total. The normalized spacial score (nSPS) is 11.2. The van der Waals surface area contributed by atoms with Gasteiger partial charge in [-0.3, -0.25) is 9.69 Å². The SMILES string of the molecule is O=C(CN(CCO)CC(F)F)Nc1ccc(Cl)c(Cl)c1. The van der Waals surface area contributed by atoms with Crippen molar-refractivity contribution in [1.29, 1.82) is 0 Å². The Balaban J connectivity index is 2.58. The molecule has 1 amide bonds. The third-order valence-electron chi connectivity index (χ3n) is 2.38. The van der Waals surface area contributed by atoms with Gasteiger partial charge in [-0.2, -0.15) is 0 Å². The maximum absolute atomic E-state index is 12.3. The molecule has 0 fully saturated rings. The largest absolute Gasteiger partial charge is 0.395 e. The number of hydrogen-bond donors (Lipinski definition) is 2. The zero-order chi connectivity index (χ0) is 15.1. The summed E-state index contributed by atoms with van der Waals surface area (Å²) < 4.78 is 24.6. The minimum Gasteiger partial charge on any atom is -0.395 e. The van der Waals surface area contributed by atoms with Gasteiger partial charge in [0.2, 0.25) is 5.91 Å². The van der Waals surface area contributed by atoms with Gasteiger partial charge in [0, 0.05) is 12.2 Å². The summed E-state index contributed by atoms with van der Waals surface area (Å²) in [5.41, 5.74) is 0.422. The van der Waals surface area contributed by atoms with Crippen molar-refractivity contribution in [3.05, 3.63) is 28.2 Å². The van der Waals surface area contributed by atoms with Crippen LogP contribution in [0.4, 0.5) is 14.5 Å². The van der Waals surface area contributed by atoms with E-state index in [1.54, 1.807) is 6.07 Å². The third kappa shape index (κ3) is 6.00. The van der Waals surface area contributed by atoms with Crippen molar-refractivity contribution in [3.63, 3.8) is 0 Å². The van der Waals surface area contributed by atoms with E-state index >= 15 is 0 Å². The lowest BCUT2D eigenvalue weighted by molar-refractivity contribution is -0.117. The first-order valence-electron chi connectivity index (χ1n) is 5.78. The molecule has 0 radical (unpaired) electrons. The summed E-state index contributed by atoms with van der Waals surface area (Å²) in [6, 6.07) is 4.53. The standard InChI is InChI=1S/C12H14Cl2F2N2O2/c13-9-2-1-8(5-10(9)14)17-12(20)7-18(3-4-19)6-11(15)16/h1-2,5,11,19H,3-4,6-7H2,(H,17,20). The molecule has 0 aromatic heterocycles. The molecule has 0 saturated heterocycles. The Bertz CT molecular complexity index is 461. The van der Waals surface area contributed by atoms with Gasteiger partial charge in [-0.05, 0) is 18.2 Å². The summed E-state index contributed by atoms with van der Waals surface area (Å²) in [4.78, 5) is 12.9. The van der Waals surface area contributed by atoms with Gasteiger partial charge in [0.15, 0.2) is 0 Å². The highest BCUT2D eigenvalue weighted by Crippen LogP contribution is 2.24. The van der Waals surface area contributed by atoms with Crippen molar-refractivity contribution in [2.24, 2.45) is 0 Å². The number of rotatable bonds is 7. The Labute approximate surface area is 125 Å². The van der Waals surface area contributed by atoms with Crippen LogP contribution < -0.4 is 5.32 Å². The lowest BCUT2D eigenvalue weighted by atomic mass is 10.3. The van der Waals surface area contributed by atoms with Crippen LogP contribution >= 0.6 is 23.2 Å². The molecule has 8 heteroatoms. The van der Waals surface area contributed by atoms with E-state index in [0.29, 0.717) is 10.7 Å². The molecule has 0 atom stereocenters. The van der Waals surface area contributed by atoms with Gasteiger partial charge in [0.25, 0.3) is 6.43 Å². The number of amides is 1. The highest BCUT2D eigenvalue weighted by atomic mass is 35.5. The molecule has 1 aromatic carbocycles. The van der Waals surface area contributed by atoms with Gasteiger partial charge in [-0.15, -0.1) is 0 Å². The zero-order valence-corrected chi connectivity index (χ0v) is 12.0. The van der Waals surface area contributed by atoms with Crippen LogP contribution in [0.25, 0.3) is 0 Å². The molecule has 0 unspecified atom stereocenters. The first kappa shape index (κ1) is 17.1. The minimum atomic E-state index is -2.57. The number of nitrogens with zero attached hydrogens (tertiary/aromatic N) is 1. The van der Waals surface area contributed by atoms with Crippen LogP contribution in [0, 0.1) is 0 Å². The zero-order valence-electron chi connectivity index (χ0n) is 10.5. The topological polar surface area (TPSA) is 52.6 Å². The first-order chi connectivity index (χ1) is 9.42. The fourth-order valence-corrected chi connectivity index (χ4v) is 1.85. The molecule has 0 bridgehead atoms. The third-order valence-corrected chi connectivity index (χ3v) is 3.12. The fraction of sp³-hybridized carbons (Fsp3) is 0.417. The van der Waals surface area contributed by atoms with Crippen LogP contribution in [-0.2, 0) is 4.79 Å². The second-order valence-electron chi connectivity index (χ2n) is 4.03. The monoisotopic (exact) mass is 326 g/mol. The van der Waals surface area contributed by atoms with E-state index in [4.69, 9.17) is 28.3 Å². The number of anilines is 1. The highest BCUT2D eigenvalue weighted by molar-refractivity contribution is 6.42. The number of alkyl halides is 2. The summed E-state index contributed by atoms with van der Waals surface area (Å²) in [5, 5.41) is 11.9. The highest BCUT2D eigenvalue weighted by Gasteiger charge is 2.15. The molecule has 0 saturated carbocycles. The Morgan fingerprint density at radius 1 is 1.35 bits per heavy atom. The molecular weight excluding hydrogens is 313 g/mol. The van der Waals surface area contributed by atoms with Crippen LogP contribution in [0.2, 0.25) is 10.0 Å². The molecule has 0 aliphatic rings. The van der Waals surface area contributed by atoms with E-state index in [-0.39, 0.29) is 24.7 Å². The quantitative estimate of drug-likeness (QED) is 0.809. The summed E-state index contributed by atoms with van der Waals surface area (Å²) in [6.45, 7) is -1.12. The van der Waals surface area contributed by atoms with Crippen LogP contribution in [0.15, 0.2) is 18.2 Å². The van der Waals surface area contributed by atoms with Crippen molar-refractivity contribution in [2.75, 3.05) is 31.6 Å². The smallest absolute Gasteiger partial charge is 0.251 e. The predicted molar refractivity (Wildman–Crippen MR) is 74.6 cm³/mol. The molecule has 1 aromatic rings. The Morgan fingerprint density at radius 3 is 2.60 bits per heavy atom. The number of hydrogen-bond acceptors (Lipinski definition) is 3. The molecule has 112 valence electrons. The molecule has 4 nitrogen and oxygen atoms in total. The lowest BCUT2D eigenvalue weighted by Crippen LogP contribution is -2.38. The van der Waals surface area contributed by atoms with E-state index in [2.05, 4.69) is 5.32 Å². The molecule has 0 aliphatic carbocycles. The van der Waals surface area contributed by atoms with Crippen molar-refractivity contribution in [1.82, 2.24) is 4.90 Å². The molecule has 0 heterocycles. The fourth-order valence-electron chi connectivity index (χ4n) is 1.55. The van der Waals surface area contributed by atoms with E-state index in [9.17, 15) is 13.6 Å². The first-order valence-corrected chi connectivity index (χ1v) is 6.54. The molecule has 1 rings (SSSR count). The molecule has 20 heavy (non-hydrogen) atoms. The second-order valence-corrected chi connectivity index (χ2v) is 4.84. The van der Waals surface area contributed by atoms with Crippen LogP contribution in [0.5, 0.6) is 0 Å². The van der Waals surface area contributed by atoms with E-state index in [1.165, 1.54) is 12.1 Å². The number of aliphatic hydroxyl groups excluding tert-OH is 1. The van der Waals surface area contributed by atoms with Crippen molar-refractivity contribution >= 4 is 34.8 Å². The summed E-state index contributed by atoms with van der Waals surface area (Å²) in [7, 11) is 0. The Morgan fingerprint density at radius 2 is 2.05 bits per heavy atom. The number of carbonyl (C=O) groups is 1. The van der Waals surface area contributed by atoms with E-state index in [0.717, 1.165) is 4.90 Å². The van der Waals surface area contributed by atoms with E-state index in [1.807, 2.05) is 0 Å². The number of carbonyl (C=O) groups excluding carboxylic acids is 1. The number of aliphatic hydroxyl groups is 1. The summed E-state index contributed by atoms with van der Waals surface area (Å²) in [5.74, 6) is -0.475. The summed E-state index contributed by atoms with van der Waals surface area (Å²) in [6.07, 6.45) is -2.57. The Hall–Kier alpha value is -0.950. The van der Waals surface area contributed by atoms with Crippen molar-refractivity contribution in [2.45, 2.75) is 6.43 Å². The average Bonchev–Trinajstić information content (AvgIpc) is 2.33. The van der Waals surface area contributed by atoms with Crippen molar-refractivity contribution < 1.29 is 18.7 Å². The van der Waals surface area contributed by atoms with Gasteiger partial charge in [0.1, 0.15) is 0 Å². The maximum Gasteiger partial charge on any atom is 0.251 e. The van der Waals surface area contributed by atoms with Gasteiger partial charge in [-0.25, -0.2) is 8.78 Å². The lowest BCUT2D eigenvalue weighted by Gasteiger charge is -2.20. The number of nitrogens with one attached hydrogen (secondary N) is 1. The van der Waals surface area contributed by atoms with Gasteiger partial charge in [-0.1, -0.05) is 23.2 Å². The van der Waals surface area contributed by atoms with Crippen LogP contribution in [0.3, 0.4) is 0 Å². The molecular formula is C12H14Cl2F2N2O2. The number of halogens is 4. The second kappa shape index (κ2) is 8.36. The van der Waals surface area contributed by atoms with Crippen molar-refractivity contribution in [3.8, 4) is 0 Å². The maximum atomic E-state index is 12.3.